The molecule has 29 heavy (non-hydrogen) atoms. The lowest BCUT2D eigenvalue weighted by Gasteiger charge is -2.16. The van der Waals surface area contributed by atoms with E-state index in [1.807, 2.05) is 0 Å². The molecule has 2 aromatic rings. The molecule has 7 nitrogen and oxygen atoms in total. The average Bonchev–Trinajstić information content (AvgIpc) is 2.96. The lowest BCUT2D eigenvalue weighted by atomic mass is 10.1. The smallest absolute Gasteiger partial charge is 0.308 e. The summed E-state index contributed by atoms with van der Waals surface area (Å²) in [5.41, 5.74) is 1.31. The Bertz CT molecular complexity index is 923. The summed E-state index contributed by atoms with van der Waals surface area (Å²) in [5, 5.41) is 2.59. The average molecular weight is 398 g/mol. The molecule has 0 saturated heterocycles. The summed E-state index contributed by atoms with van der Waals surface area (Å²) in [6.45, 7) is 1.45. The van der Waals surface area contributed by atoms with Crippen LogP contribution in [0, 0.1) is 5.82 Å². The number of carbonyl (C=O) groups is 4. The highest BCUT2D eigenvalue weighted by Gasteiger charge is 2.35. The number of amides is 3. The minimum absolute atomic E-state index is 0.130. The summed E-state index contributed by atoms with van der Waals surface area (Å²) in [5.74, 6) is -2.50. The number of hydrogen-bond donors (Lipinski definition) is 1. The van der Waals surface area contributed by atoms with E-state index in [4.69, 9.17) is 4.74 Å². The predicted molar refractivity (Wildman–Crippen MR) is 100 cm³/mol. The first-order chi connectivity index (χ1) is 13.9. The van der Waals surface area contributed by atoms with Gasteiger partial charge in [-0.15, -0.1) is 0 Å². The Morgan fingerprint density at radius 2 is 1.62 bits per heavy atom. The van der Waals surface area contributed by atoms with E-state index >= 15 is 0 Å². The highest BCUT2D eigenvalue weighted by Crippen LogP contribution is 2.22. The molecule has 3 rings (SSSR count). The van der Waals surface area contributed by atoms with Gasteiger partial charge in [-0.3, -0.25) is 24.1 Å². The standard InChI is InChI=1S/C21H19FN2O5/c1-13(19(26)23-12-14-6-8-15(22)9-7-14)29-18(25)10-11-24-20(27)16-4-2-3-5-17(16)21(24)28/h2-9,13H,10-12H2,1H3,(H,23,26)/t13-/m0/s1. The Balaban J connectivity index is 1.45. The van der Waals surface area contributed by atoms with Crippen LogP contribution in [0.2, 0.25) is 0 Å². The predicted octanol–water partition coefficient (Wildman–Crippen LogP) is 2.06. The van der Waals surface area contributed by atoms with Gasteiger partial charge in [0.05, 0.1) is 17.5 Å². The van der Waals surface area contributed by atoms with E-state index in [2.05, 4.69) is 5.32 Å². The van der Waals surface area contributed by atoms with E-state index < -0.39 is 29.8 Å². The second-order valence-electron chi connectivity index (χ2n) is 6.53. The number of benzene rings is 2. The van der Waals surface area contributed by atoms with Crippen molar-refractivity contribution in [3.8, 4) is 0 Å². The largest absolute Gasteiger partial charge is 0.452 e. The fourth-order valence-corrected chi connectivity index (χ4v) is 2.89. The van der Waals surface area contributed by atoms with Gasteiger partial charge in [-0.1, -0.05) is 24.3 Å². The van der Waals surface area contributed by atoms with Crippen LogP contribution in [0.3, 0.4) is 0 Å². The van der Waals surface area contributed by atoms with E-state index in [9.17, 15) is 23.6 Å². The van der Waals surface area contributed by atoms with E-state index in [0.717, 1.165) is 4.90 Å². The van der Waals surface area contributed by atoms with Crippen molar-refractivity contribution < 1.29 is 28.3 Å². The van der Waals surface area contributed by atoms with Crippen molar-refractivity contribution in [2.75, 3.05) is 6.54 Å². The van der Waals surface area contributed by atoms with Gasteiger partial charge in [-0.05, 0) is 36.8 Å². The number of hydrogen-bond acceptors (Lipinski definition) is 5. The van der Waals surface area contributed by atoms with Crippen molar-refractivity contribution in [1.29, 1.82) is 0 Å². The number of ether oxygens (including phenoxy) is 1. The molecule has 2 aromatic carbocycles. The highest BCUT2D eigenvalue weighted by atomic mass is 19.1. The maximum Gasteiger partial charge on any atom is 0.308 e. The second kappa shape index (κ2) is 8.64. The third-order valence-electron chi connectivity index (χ3n) is 4.48. The van der Waals surface area contributed by atoms with E-state index in [1.165, 1.54) is 31.2 Å². The van der Waals surface area contributed by atoms with Gasteiger partial charge in [0.1, 0.15) is 5.82 Å². The van der Waals surface area contributed by atoms with E-state index in [0.29, 0.717) is 16.7 Å². The van der Waals surface area contributed by atoms with Crippen LogP contribution >= 0.6 is 0 Å². The number of imide groups is 1. The summed E-state index contributed by atoms with van der Waals surface area (Å²) >= 11 is 0. The lowest BCUT2D eigenvalue weighted by molar-refractivity contribution is -0.154. The van der Waals surface area contributed by atoms with Crippen molar-refractivity contribution in [1.82, 2.24) is 10.2 Å². The van der Waals surface area contributed by atoms with Gasteiger partial charge in [0.2, 0.25) is 0 Å². The van der Waals surface area contributed by atoms with Crippen molar-refractivity contribution in [2.45, 2.75) is 26.0 Å². The van der Waals surface area contributed by atoms with Gasteiger partial charge in [0.25, 0.3) is 17.7 Å². The maximum atomic E-state index is 12.9. The van der Waals surface area contributed by atoms with Crippen LogP contribution in [0.5, 0.6) is 0 Å². The first-order valence-electron chi connectivity index (χ1n) is 9.03. The zero-order valence-electron chi connectivity index (χ0n) is 15.7. The fourth-order valence-electron chi connectivity index (χ4n) is 2.89. The van der Waals surface area contributed by atoms with Crippen LogP contribution in [0.1, 0.15) is 39.6 Å². The number of esters is 1. The lowest BCUT2D eigenvalue weighted by Crippen LogP contribution is -2.37. The molecule has 1 heterocycles. The van der Waals surface area contributed by atoms with Crippen LogP contribution in [0.4, 0.5) is 4.39 Å². The molecule has 8 heteroatoms. The number of nitrogens with one attached hydrogen (secondary N) is 1. The molecule has 3 amide bonds. The zero-order valence-corrected chi connectivity index (χ0v) is 15.7. The quantitative estimate of drug-likeness (QED) is 0.569. The van der Waals surface area contributed by atoms with E-state index in [1.54, 1.807) is 24.3 Å². The van der Waals surface area contributed by atoms with Gasteiger partial charge in [0.15, 0.2) is 6.10 Å². The van der Waals surface area contributed by atoms with Gasteiger partial charge >= 0.3 is 5.97 Å². The van der Waals surface area contributed by atoms with Gasteiger partial charge < -0.3 is 10.1 Å². The molecule has 1 N–H and O–H groups in total. The summed E-state index contributed by atoms with van der Waals surface area (Å²) < 4.78 is 17.9. The van der Waals surface area contributed by atoms with Crippen LogP contribution in [0.25, 0.3) is 0 Å². The zero-order chi connectivity index (χ0) is 21.0. The van der Waals surface area contributed by atoms with Crippen LogP contribution in [-0.2, 0) is 20.9 Å². The first kappa shape index (κ1) is 20.2. The molecular weight excluding hydrogens is 379 g/mol. The fraction of sp³-hybridized carbons (Fsp3) is 0.238. The number of halogens is 1. The van der Waals surface area contributed by atoms with Crippen molar-refractivity contribution in [2.24, 2.45) is 0 Å². The molecule has 0 fully saturated rings. The topological polar surface area (TPSA) is 92.8 Å². The number of nitrogens with zero attached hydrogens (tertiary/aromatic N) is 1. The molecule has 150 valence electrons. The minimum Gasteiger partial charge on any atom is -0.452 e. The molecule has 0 spiro atoms. The van der Waals surface area contributed by atoms with Crippen molar-refractivity contribution in [3.05, 3.63) is 71.0 Å². The molecular formula is C21H19FN2O5. The van der Waals surface area contributed by atoms with Gasteiger partial charge in [0, 0.05) is 13.1 Å². The summed E-state index contributed by atoms with van der Waals surface area (Å²) in [7, 11) is 0. The second-order valence-corrected chi connectivity index (χ2v) is 6.53. The molecule has 0 radical (unpaired) electrons. The summed E-state index contributed by atoms with van der Waals surface area (Å²) in [6.07, 6.45) is -1.27. The van der Waals surface area contributed by atoms with Crippen molar-refractivity contribution in [3.63, 3.8) is 0 Å². The third-order valence-corrected chi connectivity index (χ3v) is 4.48. The van der Waals surface area contributed by atoms with Crippen LogP contribution in [-0.4, -0.2) is 41.2 Å². The van der Waals surface area contributed by atoms with Crippen molar-refractivity contribution >= 4 is 23.7 Å². The van der Waals surface area contributed by atoms with Crippen LogP contribution in [0.15, 0.2) is 48.5 Å². The van der Waals surface area contributed by atoms with Gasteiger partial charge in [-0.25, -0.2) is 4.39 Å². The van der Waals surface area contributed by atoms with Crippen LogP contribution < -0.4 is 5.32 Å². The van der Waals surface area contributed by atoms with E-state index in [-0.39, 0.29) is 25.3 Å². The maximum absolute atomic E-state index is 12.9. The Morgan fingerprint density at radius 1 is 1.03 bits per heavy atom. The van der Waals surface area contributed by atoms with Gasteiger partial charge in [-0.2, -0.15) is 0 Å². The molecule has 0 bridgehead atoms. The molecule has 1 aliphatic heterocycles. The third kappa shape index (κ3) is 4.66. The number of fused-ring (bicyclic) bond motifs is 1. The Kier molecular flexibility index (Phi) is 6.01. The number of carbonyl (C=O) groups excluding carboxylic acids is 4. The molecule has 0 saturated carbocycles. The normalized spacial score (nSPS) is 13.8. The molecule has 1 atom stereocenters. The molecule has 0 unspecified atom stereocenters. The number of rotatable bonds is 7. The molecule has 0 aliphatic carbocycles. The Labute approximate surface area is 166 Å². The first-order valence-corrected chi connectivity index (χ1v) is 9.03. The molecule has 1 aliphatic rings. The Morgan fingerprint density at radius 3 is 2.21 bits per heavy atom. The molecule has 0 aromatic heterocycles. The summed E-state index contributed by atoms with van der Waals surface area (Å²) in [6, 6.07) is 12.1. The SMILES string of the molecule is C[C@H](OC(=O)CCN1C(=O)c2ccccc2C1=O)C(=O)NCc1ccc(F)cc1. The highest BCUT2D eigenvalue weighted by molar-refractivity contribution is 6.21. The summed E-state index contributed by atoms with van der Waals surface area (Å²) in [4.78, 5) is 49.6. The Hall–Kier alpha value is -3.55. The minimum atomic E-state index is -1.05. The monoisotopic (exact) mass is 398 g/mol.